The molecule has 2 rings (SSSR count). The van der Waals surface area contributed by atoms with Crippen LogP contribution in [-0.2, 0) is 9.63 Å². The number of rotatable bonds is 4. The zero-order valence-electron chi connectivity index (χ0n) is 12.5. The molecule has 0 aromatic heterocycles. The molecule has 7 heteroatoms. The van der Waals surface area contributed by atoms with E-state index >= 15 is 0 Å². The zero-order chi connectivity index (χ0) is 16.3. The number of hydrogen-bond donors (Lipinski definition) is 0. The van der Waals surface area contributed by atoms with Crippen LogP contribution < -0.4 is 0 Å². The van der Waals surface area contributed by atoms with Gasteiger partial charge < -0.3 is 4.84 Å². The highest BCUT2D eigenvalue weighted by atomic mass is 35.5. The highest BCUT2D eigenvalue weighted by Crippen LogP contribution is 2.31. The molecule has 1 aromatic rings. The molecule has 0 saturated carbocycles. The lowest BCUT2D eigenvalue weighted by Crippen LogP contribution is -2.06. The Morgan fingerprint density at radius 2 is 1.95 bits per heavy atom. The second kappa shape index (κ2) is 7.03. The summed E-state index contributed by atoms with van der Waals surface area (Å²) in [6, 6.07) is 3.50. The first kappa shape index (κ1) is 16.6. The van der Waals surface area contributed by atoms with Crippen molar-refractivity contribution in [1.29, 1.82) is 0 Å². The van der Waals surface area contributed by atoms with Gasteiger partial charge in [-0.15, -0.1) is 0 Å². The minimum Gasteiger partial charge on any atom is -0.395 e. The summed E-state index contributed by atoms with van der Waals surface area (Å²) < 4.78 is 0. The fourth-order valence-corrected chi connectivity index (χ4v) is 2.58. The number of oxime groups is 1. The summed E-state index contributed by atoms with van der Waals surface area (Å²) >= 11 is 12.7. The van der Waals surface area contributed by atoms with Crippen LogP contribution in [0.1, 0.15) is 38.3 Å². The molecule has 0 fully saturated rings. The lowest BCUT2D eigenvalue weighted by Gasteiger charge is -2.10. The van der Waals surface area contributed by atoms with E-state index in [0.717, 1.165) is 0 Å². The second-order valence-corrected chi connectivity index (χ2v) is 5.62. The zero-order valence-corrected chi connectivity index (χ0v) is 14.0. The number of carbonyl (C=O) groups is 1. The van der Waals surface area contributed by atoms with Gasteiger partial charge in [0.15, 0.2) is 5.78 Å². The summed E-state index contributed by atoms with van der Waals surface area (Å²) in [4.78, 5) is 16.2. The molecule has 0 bridgehead atoms. The summed E-state index contributed by atoms with van der Waals surface area (Å²) in [5.74, 6) is -0.128. The molecule has 1 heterocycles. The average Bonchev–Trinajstić information content (AvgIpc) is 2.98. The molecular formula is C15H15Cl2N3O2. The van der Waals surface area contributed by atoms with Crippen LogP contribution in [0.2, 0.25) is 10.0 Å². The largest absolute Gasteiger partial charge is 0.395 e. The molecule has 0 amide bonds. The van der Waals surface area contributed by atoms with Gasteiger partial charge in [-0.3, -0.25) is 4.79 Å². The first-order chi connectivity index (χ1) is 10.4. The van der Waals surface area contributed by atoms with E-state index in [-0.39, 0.29) is 5.78 Å². The van der Waals surface area contributed by atoms with E-state index < -0.39 is 0 Å². The topological polar surface area (TPSA) is 63.4 Å². The smallest absolute Gasteiger partial charge is 0.175 e. The van der Waals surface area contributed by atoms with Crippen molar-refractivity contribution in [3.05, 3.63) is 33.3 Å². The van der Waals surface area contributed by atoms with Crippen molar-refractivity contribution in [2.45, 2.75) is 27.2 Å². The van der Waals surface area contributed by atoms with Crippen molar-refractivity contribution < 1.29 is 9.63 Å². The van der Waals surface area contributed by atoms with Gasteiger partial charge in [0.05, 0.1) is 21.5 Å². The van der Waals surface area contributed by atoms with Crippen LogP contribution in [0.15, 0.2) is 27.5 Å². The van der Waals surface area contributed by atoms with Gasteiger partial charge in [0.1, 0.15) is 12.3 Å². The van der Waals surface area contributed by atoms with Gasteiger partial charge >= 0.3 is 0 Å². The Morgan fingerprint density at radius 3 is 2.55 bits per heavy atom. The second-order valence-electron chi connectivity index (χ2n) is 4.83. The molecule has 1 aliphatic rings. The van der Waals surface area contributed by atoms with Gasteiger partial charge in [0.25, 0.3) is 0 Å². The van der Waals surface area contributed by atoms with Crippen LogP contribution in [0.4, 0.5) is 0 Å². The van der Waals surface area contributed by atoms with E-state index in [1.807, 2.05) is 0 Å². The van der Waals surface area contributed by atoms with Gasteiger partial charge in [0, 0.05) is 24.5 Å². The summed E-state index contributed by atoms with van der Waals surface area (Å²) in [7, 11) is 0. The molecule has 1 aliphatic heterocycles. The first-order valence-electron chi connectivity index (χ1n) is 6.69. The molecule has 0 spiro atoms. The monoisotopic (exact) mass is 339 g/mol. The third-order valence-corrected chi connectivity index (χ3v) is 3.94. The lowest BCUT2D eigenvalue weighted by atomic mass is 10.0. The molecule has 0 saturated heterocycles. The molecular weight excluding hydrogens is 325 g/mol. The van der Waals surface area contributed by atoms with Crippen LogP contribution in [0.5, 0.6) is 0 Å². The predicted octanol–water partition coefficient (Wildman–Crippen LogP) is 3.89. The molecule has 0 radical (unpaired) electrons. The molecule has 0 atom stereocenters. The lowest BCUT2D eigenvalue weighted by molar-refractivity contribution is -0.111. The minimum absolute atomic E-state index is 0.128. The maximum atomic E-state index is 11.2. The summed E-state index contributed by atoms with van der Waals surface area (Å²) in [6.07, 6.45) is 0.653. The normalized spacial score (nSPS) is 15.6. The van der Waals surface area contributed by atoms with Gasteiger partial charge in [0.2, 0.25) is 0 Å². The Hall–Kier alpha value is -1.72. The average molecular weight is 340 g/mol. The molecule has 5 nitrogen and oxygen atoms in total. The molecule has 0 aliphatic carbocycles. The molecule has 0 unspecified atom stereocenters. The maximum absolute atomic E-state index is 11.2. The van der Waals surface area contributed by atoms with Crippen LogP contribution in [0, 0.1) is 0 Å². The number of halogens is 2. The van der Waals surface area contributed by atoms with E-state index in [2.05, 4.69) is 15.4 Å². The Kier molecular flexibility index (Phi) is 5.32. The van der Waals surface area contributed by atoms with E-state index in [4.69, 9.17) is 28.0 Å². The van der Waals surface area contributed by atoms with Gasteiger partial charge in [-0.2, -0.15) is 10.2 Å². The number of benzene rings is 1. The molecule has 1 aromatic carbocycles. The maximum Gasteiger partial charge on any atom is 0.175 e. The number of nitrogens with zero attached hydrogens (tertiary/aromatic N) is 3. The van der Waals surface area contributed by atoms with Crippen LogP contribution in [-0.4, -0.2) is 29.5 Å². The Labute approximate surface area is 138 Å². The summed E-state index contributed by atoms with van der Waals surface area (Å²) in [6.45, 7) is 5.33. The van der Waals surface area contributed by atoms with Crippen molar-refractivity contribution in [3.8, 4) is 0 Å². The van der Waals surface area contributed by atoms with Crippen molar-refractivity contribution in [1.82, 2.24) is 0 Å². The standard InChI is InChI=1S/C15H15Cl2N3O2/c1-8(10(3)21)18-19-9(2)11-4-5-12(16)14(15(11)17)13-6-7-22-20-13/h4-5H,6-7H2,1-3H3/b18-8-,19-9+. The predicted molar refractivity (Wildman–Crippen MR) is 89.6 cm³/mol. The fraction of sp³-hybridized carbons (Fsp3) is 0.333. The van der Waals surface area contributed by atoms with E-state index in [1.54, 1.807) is 26.0 Å². The van der Waals surface area contributed by atoms with Crippen molar-refractivity contribution in [2.24, 2.45) is 15.4 Å². The van der Waals surface area contributed by atoms with Gasteiger partial charge in [-0.25, -0.2) is 0 Å². The third kappa shape index (κ3) is 3.54. The van der Waals surface area contributed by atoms with Crippen molar-refractivity contribution >= 4 is 46.1 Å². The number of carbonyl (C=O) groups excluding carboxylic acids is 1. The van der Waals surface area contributed by atoms with Crippen LogP contribution in [0.3, 0.4) is 0 Å². The highest BCUT2D eigenvalue weighted by molar-refractivity contribution is 6.42. The molecule has 0 N–H and O–H groups in total. The van der Waals surface area contributed by atoms with E-state index in [0.29, 0.717) is 51.3 Å². The van der Waals surface area contributed by atoms with Gasteiger partial charge in [-0.05, 0) is 19.9 Å². The summed E-state index contributed by atoms with van der Waals surface area (Å²) in [5, 5.41) is 12.9. The highest BCUT2D eigenvalue weighted by Gasteiger charge is 2.20. The Morgan fingerprint density at radius 1 is 1.23 bits per heavy atom. The third-order valence-electron chi connectivity index (χ3n) is 3.23. The van der Waals surface area contributed by atoms with Gasteiger partial charge in [-0.1, -0.05) is 34.4 Å². The Balaban J connectivity index is 2.44. The van der Waals surface area contributed by atoms with E-state index in [9.17, 15) is 4.79 Å². The molecule has 116 valence electrons. The first-order valence-corrected chi connectivity index (χ1v) is 7.44. The van der Waals surface area contributed by atoms with Crippen LogP contribution >= 0.6 is 23.2 Å². The van der Waals surface area contributed by atoms with Crippen molar-refractivity contribution in [2.75, 3.05) is 6.61 Å². The molecule has 22 heavy (non-hydrogen) atoms. The SMILES string of the molecule is CC(=O)/C(C)=N\N=C(/C)c1ccc(Cl)c(C2=NOCC2)c1Cl. The number of ketones is 1. The Bertz CT molecular complexity index is 709. The number of Topliss-reactive ketones (excluding diaryl/α,β-unsaturated/α-hetero) is 1. The fourth-order valence-electron chi connectivity index (χ4n) is 1.85. The van der Waals surface area contributed by atoms with Crippen LogP contribution in [0.25, 0.3) is 0 Å². The van der Waals surface area contributed by atoms with E-state index in [1.165, 1.54) is 6.92 Å². The van der Waals surface area contributed by atoms with Crippen molar-refractivity contribution in [3.63, 3.8) is 0 Å². The summed E-state index contributed by atoms with van der Waals surface area (Å²) in [5.41, 5.74) is 2.98. The quantitative estimate of drug-likeness (QED) is 0.616. The minimum atomic E-state index is -0.128. The number of hydrogen-bond acceptors (Lipinski definition) is 5.